The SMILES string of the molecule is CCCCC1CCCCC1CCCOc1ccc(F)cc1. The van der Waals surface area contributed by atoms with Gasteiger partial charge in [0.05, 0.1) is 6.61 Å². The molecule has 21 heavy (non-hydrogen) atoms. The van der Waals surface area contributed by atoms with Crippen LogP contribution in [0.5, 0.6) is 5.75 Å². The van der Waals surface area contributed by atoms with Crippen molar-refractivity contribution in [3.63, 3.8) is 0 Å². The van der Waals surface area contributed by atoms with Crippen LogP contribution in [0.3, 0.4) is 0 Å². The zero-order valence-corrected chi connectivity index (χ0v) is 13.3. The van der Waals surface area contributed by atoms with Crippen molar-refractivity contribution in [2.45, 2.75) is 64.7 Å². The Morgan fingerprint density at radius 2 is 1.62 bits per heavy atom. The van der Waals surface area contributed by atoms with Crippen molar-refractivity contribution in [2.24, 2.45) is 11.8 Å². The van der Waals surface area contributed by atoms with Crippen molar-refractivity contribution in [1.82, 2.24) is 0 Å². The predicted molar refractivity (Wildman–Crippen MR) is 86.1 cm³/mol. The first kappa shape index (κ1) is 16.3. The van der Waals surface area contributed by atoms with E-state index in [1.54, 1.807) is 12.1 Å². The monoisotopic (exact) mass is 292 g/mol. The van der Waals surface area contributed by atoms with Gasteiger partial charge in [0.2, 0.25) is 0 Å². The van der Waals surface area contributed by atoms with Crippen LogP contribution in [0.15, 0.2) is 24.3 Å². The largest absolute Gasteiger partial charge is 0.494 e. The van der Waals surface area contributed by atoms with E-state index in [1.807, 2.05) is 0 Å². The van der Waals surface area contributed by atoms with Gasteiger partial charge in [-0.05, 0) is 48.9 Å². The van der Waals surface area contributed by atoms with E-state index in [2.05, 4.69) is 6.92 Å². The molecule has 1 aliphatic carbocycles. The zero-order valence-electron chi connectivity index (χ0n) is 13.3. The number of rotatable bonds is 8. The molecule has 0 N–H and O–H groups in total. The smallest absolute Gasteiger partial charge is 0.123 e. The van der Waals surface area contributed by atoms with Crippen LogP contribution in [0.4, 0.5) is 4.39 Å². The summed E-state index contributed by atoms with van der Waals surface area (Å²) in [6.07, 6.45) is 12.2. The number of hydrogen-bond acceptors (Lipinski definition) is 1. The summed E-state index contributed by atoms with van der Waals surface area (Å²) in [4.78, 5) is 0. The highest BCUT2D eigenvalue weighted by Gasteiger charge is 2.23. The molecule has 0 amide bonds. The highest BCUT2D eigenvalue weighted by molar-refractivity contribution is 5.21. The summed E-state index contributed by atoms with van der Waals surface area (Å²) in [5, 5.41) is 0. The Morgan fingerprint density at radius 3 is 2.24 bits per heavy atom. The van der Waals surface area contributed by atoms with Crippen LogP contribution < -0.4 is 4.74 Å². The molecule has 1 nitrogen and oxygen atoms in total. The minimum atomic E-state index is -0.205. The summed E-state index contributed by atoms with van der Waals surface area (Å²) in [5.74, 6) is 2.43. The van der Waals surface area contributed by atoms with Gasteiger partial charge in [0.1, 0.15) is 11.6 Å². The van der Waals surface area contributed by atoms with Crippen molar-refractivity contribution in [3.8, 4) is 5.75 Å². The maximum atomic E-state index is 12.8. The Labute approximate surface area is 128 Å². The number of benzene rings is 1. The second-order valence-electron chi connectivity index (χ2n) is 6.39. The average Bonchev–Trinajstić information content (AvgIpc) is 2.52. The normalized spacial score (nSPS) is 22.2. The average molecular weight is 292 g/mol. The van der Waals surface area contributed by atoms with E-state index < -0.39 is 0 Å². The molecule has 0 heterocycles. The number of ether oxygens (including phenoxy) is 1. The third-order valence-corrected chi connectivity index (χ3v) is 4.80. The lowest BCUT2D eigenvalue weighted by atomic mass is 9.75. The quantitative estimate of drug-likeness (QED) is 0.535. The summed E-state index contributed by atoms with van der Waals surface area (Å²) in [5.41, 5.74) is 0. The number of hydrogen-bond donors (Lipinski definition) is 0. The molecule has 2 atom stereocenters. The lowest BCUT2D eigenvalue weighted by Gasteiger charge is -2.31. The molecule has 0 radical (unpaired) electrons. The van der Waals surface area contributed by atoms with Crippen LogP contribution >= 0.6 is 0 Å². The minimum Gasteiger partial charge on any atom is -0.494 e. The van der Waals surface area contributed by atoms with E-state index >= 15 is 0 Å². The van der Waals surface area contributed by atoms with Crippen LogP contribution in [-0.4, -0.2) is 6.61 Å². The Morgan fingerprint density at radius 1 is 1.00 bits per heavy atom. The van der Waals surface area contributed by atoms with Gasteiger partial charge < -0.3 is 4.74 Å². The molecular weight excluding hydrogens is 263 g/mol. The fourth-order valence-electron chi connectivity index (χ4n) is 3.58. The van der Waals surface area contributed by atoms with E-state index in [1.165, 1.54) is 63.5 Å². The van der Waals surface area contributed by atoms with E-state index in [0.717, 1.165) is 30.6 Å². The van der Waals surface area contributed by atoms with Crippen molar-refractivity contribution >= 4 is 0 Å². The summed E-state index contributed by atoms with van der Waals surface area (Å²) >= 11 is 0. The van der Waals surface area contributed by atoms with Gasteiger partial charge in [-0.3, -0.25) is 0 Å². The second kappa shape index (κ2) is 9.07. The molecule has 1 saturated carbocycles. The molecule has 1 aromatic rings. The number of unbranched alkanes of at least 4 members (excludes halogenated alkanes) is 1. The molecule has 0 spiro atoms. The first-order chi connectivity index (χ1) is 10.3. The first-order valence-electron chi connectivity index (χ1n) is 8.68. The molecule has 2 rings (SSSR count). The van der Waals surface area contributed by atoms with Crippen molar-refractivity contribution in [1.29, 1.82) is 0 Å². The lowest BCUT2D eigenvalue weighted by Crippen LogP contribution is -2.20. The molecular formula is C19H29FO. The topological polar surface area (TPSA) is 9.23 Å². The lowest BCUT2D eigenvalue weighted by molar-refractivity contribution is 0.191. The molecule has 2 heteroatoms. The van der Waals surface area contributed by atoms with Crippen molar-refractivity contribution in [2.75, 3.05) is 6.61 Å². The molecule has 1 aliphatic rings. The molecule has 0 bridgehead atoms. The standard InChI is InChI=1S/C19H29FO/c1-2-3-7-16-8-4-5-9-17(16)10-6-15-21-19-13-11-18(20)12-14-19/h11-14,16-17H,2-10,15H2,1H3. The Bertz CT molecular complexity index is 387. The second-order valence-corrected chi connectivity index (χ2v) is 6.39. The summed E-state index contributed by atoms with van der Waals surface area (Å²) in [6, 6.07) is 6.33. The molecule has 118 valence electrons. The highest BCUT2D eigenvalue weighted by atomic mass is 19.1. The van der Waals surface area contributed by atoms with Crippen LogP contribution in [0, 0.1) is 17.7 Å². The molecule has 2 unspecified atom stereocenters. The van der Waals surface area contributed by atoms with Gasteiger partial charge in [0.25, 0.3) is 0 Å². The van der Waals surface area contributed by atoms with Crippen LogP contribution in [0.2, 0.25) is 0 Å². The fraction of sp³-hybridized carbons (Fsp3) is 0.684. The van der Waals surface area contributed by atoms with E-state index in [4.69, 9.17) is 4.74 Å². The van der Waals surface area contributed by atoms with E-state index in [9.17, 15) is 4.39 Å². The van der Waals surface area contributed by atoms with Gasteiger partial charge in [0.15, 0.2) is 0 Å². The summed E-state index contributed by atoms with van der Waals surface area (Å²) < 4.78 is 18.5. The van der Waals surface area contributed by atoms with Gasteiger partial charge in [-0.2, -0.15) is 0 Å². The van der Waals surface area contributed by atoms with Gasteiger partial charge in [0, 0.05) is 0 Å². The van der Waals surface area contributed by atoms with E-state index in [0.29, 0.717) is 0 Å². The molecule has 0 aromatic heterocycles. The summed E-state index contributed by atoms with van der Waals surface area (Å²) in [7, 11) is 0. The van der Waals surface area contributed by atoms with Gasteiger partial charge in [-0.1, -0.05) is 51.9 Å². The Kier molecular flexibility index (Phi) is 7.05. The maximum Gasteiger partial charge on any atom is 0.123 e. The highest BCUT2D eigenvalue weighted by Crippen LogP contribution is 2.36. The third kappa shape index (κ3) is 5.68. The molecule has 1 aromatic carbocycles. The van der Waals surface area contributed by atoms with Crippen LogP contribution in [0.1, 0.15) is 64.7 Å². The first-order valence-corrected chi connectivity index (χ1v) is 8.68. The molecule has 0 aliphatic heterocycles. The number of halogens is 1. The third-order valence-electron chi connectivity index (χ3n) is 4.80. The fourth-order valence-corrected chi connectivity index (χ4v) is 3.58. The molecule has 1 fully saturated rings. The predicted octanol–water partition coefficient (Wildman–Crippen LogP) is 5.98. The van der Waals surface area contributed by atoms with E-state index in [-0.39, 0.29) is 5.82 Å². The Balaban J connectivity index is 1.67. The van der Waals surface area contributed by atoms with Gasteiger partial charge in [-0.15, -0.1) is 0 Å². The molecule has 0 saturated heterocycles. The van der Waals surface area contributed by atoms with Gasteiger partial charge in [-0.25, -0.2) is 4.39 Å². The van der Waals surface area contributed by atoms with Gasteiger partial charge >= 0.3 is 0 Å². The Hall–Kier alpha value is -1.05. The van der Waals surface area contributed by atoms with Crippen molar-refractivity contribution < 1.29 is 9.13 Å². The van der Waals surface area contributed by atoms with Crippen LogP contribution in [0.25, 0.3) is 0 Å². The minimum absolute atomic E-state index is 0.205. The van der Waals surface area contributed by atoms with Crippen LogP contribution in [-0.2, 0) is 0 Å². The maximum absolute atomic E-state index is 12.8. The van der Waals surface area contributed by atoms with Crippen molar-refractivity contribution in [3.05, 3.63) is 30.1 Å². The zero-order chi connectivity index (χ0) is 14.9. The summed E-state index contributed by atoms with van der Waals surface area (Å²) in [6.45, 7) is 3.04.